The normalized spacial score (nSPS) is 23.1. The van der Waals surface area contributed by atoms with Crippen molar-refractivity contribution in [2.75, 3.05) is 52.9 Å². The van der Waals surface area contributed by atoms with Crippen LogP contribution in [0.2, 0.25) is 0 Å². The second-order valence-corrected chi connectivity index (χ2v) is 6.69. The average Bonchev–Trinajstić information content (AvgIpc) is 3.11. The van der Waals surface area contributed by atoms with Gasteiger partial charge in [0.15, 0.2) is 0 Å². The molecule has 3 rings (SSSR count). The summed E-state index contributed by atoms with van der Waals surface area (Å²) in [5.41, 5.74) is 1.37. The Bertz CT molecular complexity index is 493. The van der Waals surface area contributed by atoms with Crippen molar-refractivity contribution in [1.29, 1.82) is 0 Å². The van der Waals surface area contributed by atoms with Crippen molar-refractivity contribution >= 4 is 5.91 Å². The highest BCUT2D eigenvalue weighted by Gasteiger charge is 2.25. The molecule has 1 amide bonds. The fourth-order valence-corrected chi connectivity index (χ4v) is 3.42. The number of nitrogens with one attached hydrogen (secondary N) is 1. The van der Waals surface area contributed by atoms with E-state index in [2.05, 4.69) is 45.4 Å². The Hall–Kier alpha value is -1.43. The van der Waals surface area contributed by atoms with E-state index in [0.29, 0.717) is 12.6 Å². The minimum Gasteiger partial charge on any atom is -0.340 e. The van der Waals surface area contributed by atoms with E-state index in [0.717, 1.165) is 52.2 Å². The Morgan fingerprint density at radius 3 is 2.52 bits per heavy atom. The molecule has 1 N–H and O–H groups in total. The first-order valence-electron chi connectivity index (χ1n) is 8.67. The SMILES string of the molecule is CN(C(=O)CN1CCN(Cc2ccccc2)CC1)C1CCNC1. The van der Waals surface area contributed by atoms with Gasteiger partial charge in [-0.25, -0.2) is 0 Å². The van der Waals surface area contributed by atoms with Crippen molar-refractivity contribution in [2.45, 2.75) is 19.0 Å². The van der Waals surface area contributed by atoms with Gasteiger partial charge in [-0.3, -0.25) is 14.6 Å². The Labute approximate surface area is 139 Å². The zero-order chi connectivity index (χ0) is 16.1. The van der Waals surface area contributed by atoms with E-state index < -0.39 is 0 Å². The van der Waals surface area contributed by atoms with Gasteiger partial charge < -0.3 is 10.2 Å². The minimum absolute atomic E-state index is 0.259. The van der Waals surface area contributed by atoms with Crippen molar-refractivity contribution in [3.63, 3.8) is 0 Å². The second kappa shape index (κ2) is 7.90. The Morgan fingerprint density at radius 1 is 1.17 bits per heavy atom. The lowest BCUT2D eigenvalue weighted by molar-refractivity contribution is -0.133. The van der Waals surface area contributed by atoms with Gasteiger partial charge in [-0.1, -0.05) is 30.3 Å². The van der Waals surface area contributed by atoms with Gasteiger partial charge in [0.2, 0.25) is 5.91 Å². The van der Waals surface area contributed by atoms with E-state index in [4.69, 9.17) is 0 Å². The molecule has 0 bridgehead atoms. The molecule has 126 valence electrons. The van der Waals surface area contributed by atoms with Crippen LogP contribution in [0.5, 0.6) is 0 Å². The topological polar surface area (TPSA) is 38.8 Å². The maximum Gasteiger partial charge on any atom is 0.236 e. The van der Waals surface area contributed by atoms with Crippen LogP contribution < -0.4 is 5.32 Å². The predicted molar refractivity (Wildman–Crippen MR) is 92.2 cm³/mol. The molecule has 5 nitrogen and oxygen atoms in total. The highest BCUT2D eigenvalue weighted by Crippen LogP contribution is 2.10. The molecule has 2 heterocycles. The van der Waals surface area contributed by atoms with Gasteiger partial charge in [0.25, 0.3) is 0 Å². The van der Waals surface area contributed by atoms with Crippen LogP contribution in [0.15, 0.2) is 30.3 Å². The van der Waals surface area contributed by atoms with Crippen molar-refractivity contribution < 1.29 is 4.79 Å². The van der Waals surface area contributed by atoms with Crippen LogP contribution in [0.4, 0.5) is 0 Å². The van der Waals surface area contributed by atoms with E-state index >= 15 is 0 Å². The number of piperazine rings is 1. The van der Waals surface area contributed by atoms with Gasteiger partial charge in [-0.2, -0.15) is 0 Å². The summed E-state index contributed by atoms with van der Waals surface area (Å²) in [4.78, 5) is 19.1. The third-order valence-corrected chi connectivity index (χ3v) is 5.05. The molecule has 1 atom stereocenters. The molecular formula is C18H28N4O. The summed E-state index contributed by atoms with van der Waals surface area (Å²) in [5.74, 6) is 0.259. The number of likely N-dealkylation sites (N-methyl/N-ethyl adjacent to an activating group) is 1. The number of carbonyl (C=O) groups is 1. The van der Waals surface area contributed by atoms with E-state index in [9.17, 15) is 4.79 Å². The van der Waals surface area contributed by atoms with Crippen molar-refractivity contribution in [2.24, 2.45) is 0 Å². The van der Waals surface area contributed by atoms with E-state index in [-0.39, 0.29) is 5.91 Å². The van der Waals surface area contributed by atoms with Gasteiger partial charge in [0.1, 0.15) is 0 Å². The smallest absolute Gasteiger partial charge is 0.236 e. The van der Waals surface area contributed by atoms with Crippen LogP contribution in [-0.2, 0) is 11.3 Å². The lowest BCUT2D eigenvalue weighted by atomic mass is 10.2. The zero-order valence-corrected chi connectivity index (χ0v) is 14.1. The molecular weight excluding hydrogens is 288 g/mol. The maximum absolute atomic E-state index is 12.4. The fraction of sp³-hybridized carbons (Fsp3) is 0.611. The molecule has 0 spiro atoms. The van der Waals surface area contributed by atoms with Gasteiger partial charge in [0.05, 0.1) is 6.54 Å². The average molecular weight is 316 g/mol. The molecule has 2 aliphatic heterocycles. The number of hydrogen-bond acceptors (Lipinski definition) is 4. The Balaban J connectivity index is 1.41. The van der Waals surface area contributed by atoms with Crippen LogP contribution in [0.3, 0.4) is 0 Å². The van der Waals surface area contributed by atoms with Gasteiger partial charge in [-0.15, -0.1) is 0 Å². The van der Waals surface area contributed by atoms with Crippen LogP contribution in [0, 0.1) is 0 Å². The maximum atomic E-state index is 12.4. The summed E-state index contributed by atoms with van der Waals surface area (Å²) in [6.07, 6.45) is 1.08. The summed E-state index contributed by atoms with van der Waals surface area (Å²) in [6.45, 7) is 7.58. The van der Waals surface area contributed by atoms with E-state index in [1.165, 1.54) is 5.56 Å². The molecule has 1 aromatic carbocycles. The third-order valence-electron chi connectivity index (χ3n) is 5.05. The van der Waals surface area contributed by atoms with Gasteiger partial charge >= 0.3 is 0 Å². The van der Waals surface area contributed by atoms with E-state index in [1.807, 2.05) is 11.9 Å². The summed E-state index contributed by atoms with van der Waals surface area (Å²) < 4.78 is 0. The predicted octanol–water partition coefficient (Wildman–Crippen LogP) is 0.625. The third kappa shape index (κ3) is 4.53. The Kier molecular flexibility index (Phi) is 5.65. The quantitative estimate of drug-likeness (QED) is 0.865. The Morgan fingerprint density at radius 2 is 1.87 bits per heavy atom. The van der Waals surface area contributed by atoms with Crippen molar-refractivity contribution in [3.8, 4) is 0 Å². The molecule has 2 aliphatic rings. The number of rotatable bonds is 5. The number of nitrogens with zero attached hydrogens (tertiary/aromatic N) is 3. The summed E-state index contributed by atoms with van der Waals surface area (Å²) in [7, 11) is 1.95. The van der Waals surface area contributed by atoms with Gasteiger partial charge in [-0.05, 0) is 18.5 Å². The summed E-state index contributed by atoms with van der Waals surface area (Å²) >= 11 is 0. The fourth-order valence-electron chi connectivity index (χ4n) is 3.42. The van der Waals surface area contributed by atoms with Gasteiger partial charge in [0, 0.05) is 52.4 Å². The monoisotopic (exact) mass is 316 g/mol. The molecule has 2 fully saturated rings. The summed E-state index contributed by atoms with van der Waals surface area (Å²) in [5, 5.41) is 3.33. The number of benzene rings is 1. The highest BCUT2D eigenvalue weighted by molar-refractivity contribution is 5.78. The zero-order valence-electron chi connectivity index (χ0n) is 14.1. The molecule has 23 heavy (non-hydrogen) atoms. The lowest BCUT2D eigenvalue weighted by Crippen LogP contribution is -2.50. The molecule has 1 aromatic rings. The molecule has 0 radical (unpaired) electrons. The number of amides is 1. The molecule has 2 saturated heterocycles. The molecule has 0 saturated carbocycles. The number of hydrogen-bond donors (Lipinski definition) is 1. The largest absolute Gasteiger partial charge is 0.340 e. The second-order valence-electron chi connectivity index (χ2n) is 6.69. The first-order valence-corrected chi connectivity index (χ1v) is 8.67. The summed E-state index contributed by atoms with van der Waals surface area (Å²) in [6, 6.07) is 11.0. The van der Waals surface area contributed by atoms with Crippen molar-refractivity contribution in [3.05, 3.63) is 35.9 Å². The first-order chi connectivity index (χ1) is 11.2. The number of carbonyl (C=O) groups excluding carboxylic acids is 1. The lowest BCUT2D eigenvalue weighted by Gasteiger charge is -2.35. The molecule has 5 heteroatoms. The minimum atomic E-state index is 0.259. The van der Waals surface area contributed by atoms with Crippen LogP contribution in [0.25, 0.3) is 0 Å². The van der Waals surface area contributed by atoms with Crippen LogP contribution in [0.1, 0.15) is 12.0 Å². The molecule has 0 aliphatic carbocycles. The first kappa shape index (κ1) is 16.4. The standard InChI is InChI=1S/C18H28N4O/c1-20(17-7-8-19-13-17)18(23)15-22-11-9-21(10-12-22)14-16-5-3-2-4-6-16/h2-6,17,19H,7-15H2,1H3. The molecule has 0 aromatic heterocycles. The van der Waals surface area contributed by atoms with E-state index in [1.54, 1.807) is 0 Å². The van der Waals surface area contributed by atoms with Crippen LogP contribution >= 0.6 is 0 Å². The highest BCUT2D eigenvalue weighted by atomic mass is 16.2. The van der Waals surface area contributed by atoms with Crippen molar-refractivity contribution in [1.82, 2.24) is 20.0 Å². The molecule has 1 unspecified atom stereocenters. The van der Waals surface area contributed by atoms with Crippen LogP contribution in [-0.4, -0.2) is 79.5 Å².